The zero-order valence-electron chi connectivity index (χ0n) is 16.7. The lowest BCUT2D eigenvalue weighted by molar-refractivity contribution is -0.131. The number of nitrogens with zero attached hydrogens (tertiary/aromatic N) is 2. The molecule has 2 heterocycles. The van der Waals surface area contributed by atoms with Crippen molar-refractivity contribution in [3.05, 3.63) is 83.6 Å². The first-order chi connectivity index (χ1) is 14.2. The number of carbonyl (C=O) groups is 1. The number of methoxy groups -OCH3 is 1. The van der Waals surface area contributed by atoms with Crippen LogP contribution in [0.4, 0.5) is 0 Å². The molecule has 1 saturated heterocycles. The minimum Gasteiger partial charge on any atom is -0.497 e. The van der Waals surface area contributed by atoms with Gasteiger partial charge in [-0.2, -0.15) is 0 Å². The Balaban J connectivity index is 1.38. The molecule has 150 valence electrons. The van der Waals surface area contributed by atoms with Gasteiger partial charge in [0.15, 0.2) is 5.89 Å². The molecular weight excluding hydrogens is 364 g/mol. The van der Waals surface area contributed by atoms with Gasteiger partial charge in [-0.25, -0.2) is 4.98 Å². The molecule has 0 N–H and O–H groups in total. The number of amides is 1. The quantitative estimate of drug-likeness (QED) is 0.632. The number of piperidine rings is 1. The van der Waals surface area contributed by atoms with Crippen LogP contribution in [0.1, 0.15) is 41.5 Å². The van der Waals surface area contributed by atoms with E-state index in [0.29, 0.717) is 13.0 Å². The molecular formula is C24H26N2O3. The number of hydrogen-bond donors (Lipinski definition) is 0. The summed E-state index contributed by atoms with van der Waals surface area (Å²) in [5.74, 6) is 2.68. The monoisotopic (exact) mass is 390 g/mol. The number of carbonyl (C=O) groups excluding carboxylic acids is 1. The van der Waals surface area contributed by atoms with Crippen LogP contribution < -0.4 is 4.74 Å². The predicted molar refractivity (Wildman–Crippen MR) is 111 cm³/mol. The fraction of sp³-hybridized carbons (Fsp3) is 0.333. The predicted octanol–water partition coefficient (Wildman–Crippen LogP) is 4.22. The molecule has 1 aromatic heterocycles. The van der Waals surface area contributed by atoms with Gasteiger partial charge in [0.2, 0.25) is 5.91 Å². The van der Waals surface area contributed by atoms with Crippen LogP contribution in [0.3, 0.4) is 0 Å². The third-order valence-electron chi connectivity index (χ3n) is 5.41. The molecule has 5 nitrogen and oxygen atoms in total. The summed E-state index contributed by atoms with van der Waals surface area (Å²) < 4.78 is 11.3. The van der Waals surface area contributed by atoms with Gasteiger partial charge in [0.1, 0.15) is 11.5 Å². The Morgan fingerprint density at radius 2 is 2.00 bits per heavy atom. The Labute approximate surface area is 171 Å². The van der Waals surface area contributed by atoms with Gasteiger partial charge in [-0.15, -0.1) is 0 Å². The average molecular weight is 390 g/mol. The van der Waals surface area contributed by atoms with E-state index >= 15 is 0 Å². The van der Waals surface area contributed by atoms with E-state index in [0.717, 1.165) is 48.8 Å². The van der Waals surface area contributed by atoms with E-state index in [1.807, 2.05) is 53.6 Å². The first kappa shape index (κ1) is 19.2. The maximum absolute atomic E-state index is 12.8. The zero-order valence-corrected chi connectivity index (χ0v) is 16.7. The molecule has 1 aliphatic heterocycles. The fourth-order valence-electron chi connectivity index (χ4n) is 3.86. The van der Waals surface area contributed by atoms with Crippen molar-refractivity contribution in [3.8, 4) is 5.75 Å². The number of ether oxygens (including phenoxy) is 1. The molecule has 3 aromatic rings. The Morgan fingerprint density at radius 1 is 1.17 bits per heavy atom. The number of benzene rings is 2. The highest BCUT2D eigenvalue weighted by Gasteiger charge is 2.27. The first-order valence-electron chi connectivity index (χ1n) is 10.1. The van der Waals surface area contributed by atoms with Crippen molar-refractivity contribution in [2.24, 2.45) is 0 Å². The van der Waals surface area contributed by atoms with Gasteiger partial charge in [-0.3, -0.25) is 4.79 Å². The summed E-state index contributed by atoms with van der Waals surface area (Å²) in [5, 5.41) is 0. The molecule has 0 spiro atoms. The van der Waals surface area contributed by atoms with E-state index < -0.39 is 0 Å². The minimum absolute atomic E-state index is 0.138. The summed E-state index contributed by atoms with van der Waals surface area (Å²) in [5.41, 5.74) is 2.17. The molecule has 29 heavy (non-hydrogen) atoms. The van der Waals surface area contributed by atoms with Crippen molar-refractivity contribution < 1.29 is 13.9 Å². The number of aromatic nitrogens is 1. The SMILES string of the molecule is COc1cccc(CC(=O)N2CCCC(c3ncc(Cc4ccccc4)o3)C2)c1. The minimum atomic E-state index is 0.138. The van der Waals surface area contributed by atoms with Gasteiger partial charge in [0, 0.05) is 19.5 Å². The molecule has 4 rings (SSSR count). The van der Waals surface area contributed by atoms with Gasteiger partial charge in [0.05, 0.1) is 25.6 Å². The maximum Gasteiger partial charge on any atom is 0.227 e. The van der Waals surface area contributed by atoms with E-state index in [2.05, 4.69) is 17.1 Å². The molecule has 1 amide bonds. The van der Waals surface area contributed by atoms with Crippen molar-refractivity contribution >= 4 is 5.91 Å². The highest BCUT2D eigenvalue weighted by Crippen LogP contribution is 2.28. The van der Waals surface area contributed by atoms with Gasteiger partial charge in [-0.1, -0.05) is 42.5 Å². The second kappa shape index (κ2) is 8.95. The molecule has 0 aliphatic carbocycles. The highest BCUT2D eigenvalue weighted by atomic mass is 16.5. The zero-order chi connectivity index (χ0) is 20.1. The van der Waals surface area contributed by atoms with Crippen molar-refractivity contribution in [1.29, 1.82) is 0 Å². The Morgan fingerprint density at radius 3 is 2.83 bits per heavy atom. The normalized spacial score (nSPS) is 16.6. The summed E-state index contributed by atoms with van der Waals surface area (Å²) in [4.78, 5) is 19.3. The van der Waals surface area contributed by atoms with Crippen LogP contribution in [0.25, 0.3) is 0 Å². The van der Waals surface area contributed by atoms with Crippen LogP contribution in [0.5, 0.6) is 5.75 Å². The Kier molecular flexibility index (Phi) is 5.94. The number of hydrogen-bond acceptors (Lipinski definition) is 4. The van der Waals surface area contributed by atoms with Crippen molar-refractivity contribution in [2.45, 2.75) is 31.6 Å². The van der Waals surface area contributed by atoms with Crippen LogP contribution in [0, 0.1) is 0 Å². The lowest BCUT2D eigenvalue weighted by atomic mass is 9.97. The number of rotatable bonds is 6. The van der Waals surface area contributed by atoms with E-state index in [4.69, 9.17) is 9.15 Å². The van der Waals surface area contributed by atoms with E-state index in [1.54, 1.807) is 7.11 Å². The lowest BCUT2D eigenvalue weighted by Gasteiger charge is -2.31. The number of oxazole rings is 1. The largest absolute Gasteiger partial charge is 0.497 e. The van der Waals surface area contributed by atoms with E-state index in [1.165, 1.54) is 5.56 Å². The maximum atomic E-state index is 12.8. The Hall–Kier alpha value is -3.08. The van der Waals surface area contributed by atoms with Crippen molar-refractivity contribution in [2.75, 3.05) is 20.2 Å². The standard InChI is InChI=1S/C24H26N2O3/c1-28-21-11-5-9-19(14-21)15-23(27)26-12-6-10-20(17-26)24-25-16-22(29-24)13-18-7-3-2-4-8-18/h2-5,7-9,11,14,16,20H,6,10,12-13,15,17H2,1H3. The summed E-state index contributed by atoms with van der Waals surface area (Å²) in [7, 11) is 1.64. The molecule has 2 aromatic carbocycles. The third-order valence-corrected chi connectivity index (χ3v) is 5.41. The van der Waals surface area contributed by atoms with Gasteiger partial charge in [0.25, 0.3) is 0 Å². The van der Waals surface area contributed by atoms with E-state index in [-0.39, 0.29) is 11.8 Å². The first-order valence-corrected chi connectivity index (χ1v) is 10.1. The van der Waals surface area contributed by atoms with Crippen molar-refractivity contribution in [3.63, 3.8) is 0 Å². The van der Waals surface area contributed by atoms with Crippen LogP contribution >= 0.6 is 0 Å². The second-order valence-electron chi connectivity index (χ2n) is 7.53. The van der Waals surface area contributed by atoms with Gasteiger partial charge >= 0.3 is 0 Å². The second-order valence-corrected chi connectivity index (χ2v) is 7.53. The molecule has 0 bridgehead atoms. The summed E-state index contributed by atoms with van der Waals surface area (Å²) in [6, 6.07) is 17.9. The summed E-state index contributed by atoms with van der Waals surface area (Å²) in [6.45, 7) is 1.45. The third kappa shape index (κ3) is 4.86. The number of likely N-dealkylation sites (tertiary alicyclic amines) is 1. The molecule has 1 aliphatic rings. The molecule has 1 atom stereocenters. The smallest absolute Gasteiger partial charge is 0.227 e. The van der Waals surface area contributed by atoms with Crippen LogP contribution in [0.15, 0.2) is 65.2 Å². The Bertz CT molecular complexity index is 952. The average Bonchev–Trinajstić information content (AvgIpc) is 3.23. The summed E-state index contributed by atoms with van der Waals surface area (Å²) in [6.07, 6.45) is 4.90. The molecule has 0 radical (unpaired) electrons. The molecule has 5 heteroatoms. The molecule has 1 unspecified atom stereocenters. The molecule has 1 fully saturated rings. The van der Waals surface area contributed by atoms with E-state index in [9.17, 15) is 4.79 Å². The van der Waals surface area contributed by atoms with Gasteiger partial charge < -0.3 is 14.1 Å². The van der Waals surface area contributed by atoms with Crippen molar-refractivity contribution in [1.82, 2.24) is 9.88 Å². The fourth-order valence-corrected chi connectivity index (χ4v) is 3.86. The van der Waals surface area contributed by atoms with Crippen LogP contribution in [0.2, 0.25) is 0 Å². The highest BCUT2D eigenvalue weighted by molar-refractivity contribution is 5.79. The van der Waals surface area contributed by atoms with Crippen LogP contribution in [-0.4, -0.2) is 36.0 Å². The topological polar surface area (TPSA) is 55.6 Å². The summed E-state index contributed by atoms with van der Waals surface area (Å²) >= 11 is 0. The lowest BCUT2D eigenvalue weighted by Crippen LogP contribution is -2.40. The van der Waals surface area contributed by atoms with Gasteiger partial charge in [-0.05, 0) is 36.1 Å². The molecule has 0 saturated carbocycles. The van der Waals surface area contributed by atoms with Crippen LogP contribution in [-0.2, 0) is 17.6 Å².